The lowest BCUT2D eigenvalue weighted by Gasteiger charge is -2.06. The molecule has 1 aromatic heterocycles. The van der Waals surface area contributed by atoms with E-state index in [4.69, 9.17) is 14.5 Å². The Morgan fingerprint density at radius 1 is 1.05 bits per heavy atom. The van der Waals surface area contributed by atoms with Crippen LogP contribution in [0.4, 0.5) is 0 Å². The van der Waals surface area contributed by atoms with E-state index >= 15 is 0 Å². The summed E-state index contributed by atoms with van der Waals surface area (Å²) < 4.78 is 10.7. The zero-order valence-corrected chi connectivity index (χ0v) is 11.8. The molecule has 0 aliphatic heterocycles. The monoisotopic (exact) mass is 291 g/mol. The maximum atomic E-state index is 8.59. The van der Waals surface area contributed by atoms with Crippen LogP contribution in [0.15, 0.2) is 59.1 Å². The Kier molecular flexibility index (Phi) is 4.12. The van der Waals surface area contributed by atoms with Gasteiger partial charge in [0.25, 0.3) is 0 Å². The van der Waals surface area contributed by atoms with Gasteiger partial charge in [-0.15, -0.1) is 0 Å². The van der Waals surface area contributed by atoms with Gasteiger partial charge in [0.2, 0.25) is 11.7 Å². The molecule has 0 saturated carbocycles. The molecule has 0 amide bonds. The van der Waals surface area contributed by atoms with Crippen LogP contribution in [0.5, 0.6) is 5.75 Å². The molecule has 3 rings (SSSR count). The Labute approximate surface area is 127 Å². The molecule has 0 bridgehead atoms. The SMILES string of the molecule is N#CCc1nc(-c2ccc(OCc3ccccc3)cc2)no1. The van der Waals surface area contributed by atoms with Crippen molar-refractivity contribution in [3.8, 4) is 23.2 Å². The van der Waals surface area contributed by atoms with E-state index in [-0.39, 0.29) is 6.42 Å². The van der Waals surface area contributed by atoms with E-state index in [9.17, 15) is 0 Å². The van der Waals surface area contributed by atoms with Crippen molar-refractivity contribution in [1.29, 1.82) is 5.26 Å². The number of hydrogen-bond donors (Lipinski definition) is 0. The normalized spacial score (nSPS) is 10.1. The highest BCUT2D eigenvalue weighted by atomic mass is 16.5. The van der Waals surface area contributed by atoms with Crippen molar-refractivity contribution in [3.63, 3.8) is 0 Å². The highest BCUT2D eigenvalue weighted by molar-refractivity contribution is 5.55. The van der Waals surface area contributed by atoms with Gasteiger partial charge in [0, 0.05) is 5.56 Å². The van der Waals surface area contributed by atoms with Crippen molar-refractivity contribution in [2.45, 2.75) is 13.0 Å². The summed E-state index contributed by atoms with van der Waals surface area (Å²) in [5.74, 6) is 1.56. The van der Waals surface area contributed by atoms with Crippen molar-refractivity contribution >= 4 is 0 Å². The standard InChI is InChI=1S/C17H13N3O2/c18-11-10-16-19-17(20-22-16)14-6-8-15(9-7-14)21-12-13-4-2-1-3-5-13/h1-9H,10,12H2. The average molecular weight is 291 g/mol. The number of benzene rings is 2. The first-order valence-corrected chi connectivity index (χ1v) is 6.82. The van der Waals surface area contributed by atoms with Crippen LogP contribution in [0.3, 0.4) is 0 Å². The first-order valence-electron chi connectivity index (χ1n) is 6.82. The van der Waals surface area contributed by atoms with Crippen LogP contribution >= 0.6 is 0 Å². The van der Waals surface area contributed by atoms with Crippen LogP contribution in [0.1, 0.15) is 11.5 Å². The van der Waals surface area contributed by atoms with Crippen LogP contribution in [0.25, 0.3) is 11.4 Å². The van der Waals surface area contributed by atoms with Gasteiger partial charge in [-0.2, -0.15) is 10.2 Å². The Hall–Kier alpha value is -3.13. The molecule has 3 aromatic rings. The zero-order chi connectivity index (χ0) is 15.2. The van der Waals surface area contributed by atoms with Gasteiger partial charge in [0.1, 0.15) is 18.8 Å². The van der Waals surface area contributed by atoms with Gasteiger partial charge in [-0.3, -0.25) is 0 Å². The van der Waals surface area contributed by atoms with Crippen molar-refractivity contribution in [3.05, 3.63) is 66.1 Å². The molecule has 0 saturated heterocycles. The molecule has 1 heterocycles. The summed E-state index contributed by atoms with van der Waals surface area (Å²) in [5.41, 5.74) is 1.94. The summed E-state index contributed by atoms with van der Waals surface area (Å²) in [6.07, 6.45) is 0.116. The maximum absolute atomic E-state index is 8.59. The second-order valence-electron chi connectivity index (χ2n) is 4.65. The minimum Gasteiger partial charge on any atom is -0.489 e. The fraction of sp³-hybridized carbons (Fsp3) is 0.118. The molecule has 5 nitrogen and oxygen atoms in total. The predicted molar refractivity (Wildman–Crippen MR) is 79.8 cm³/mol. The second-order valence-corrected chi connectivity index (χ2v) is 4.65. The number of hydrogen-bond acceptors (Lipinski definition) is 5. The van der Waals surface area contributed by atoms with E-state index in [1.54, 1.807) is 0 Å². The average Bonchev–Trinajstić information content (AvgIpc) is 3.03. The molecule has 2 aromatic carbocycles. The maximum Gasteiger partial charge on any atom is 0.241 e. The number of aromatic nitrogens is 2. The minimum atomic E-state index is 0.116. The van der Waals surface area contributed by atoms with Crippen LogP contribution in [0, 0.1) is 11.3 Å². The van der Waals surface area contributed by atoms with Crippen molar-refractivity contribution in [2.75, 3.05) is 0 Å². The second kappa shape index (κ2) is 6.55. The first kappa shape index (κ1) is 13.8. The molecular weight excluding hydrogens is 278 g/mol. The quantitative estimate of drug-likeness (QED) is 0.720. The third kappa shape index (κ3) is 3.30. The highest BCUT2D eigenvalue weighted by Crippen LogP contribution is 2.20. The van der Waals surface area contributed by atoms with E-state index in [0.717, 1.165) is 16.9 Å². The van der Waals surface area contributed by atoms with E-state index in [1.165, 1.54) is 0 Å². The van der Waals surface area contributed by atoms with Crippen molar-refractivity contribution in [1.82, 2.24) is 10.1 Å². The number of nitrogens with zero attached hydrogens (tertiary/aromatic N) is 3. The highest BCUT2D eigenvalue weighted by Gasteiger charge is 2.08. The molecule has 0 fully saturated rings. The Morgan fingerprint density at radius 2 is 1.82 bits per heavy atom. The van der Waals surface area contributed by atoms with Gasteiger partial charge in [-0.25, -0.2) is 0 Å². The van der Waals surface area contributed by atoms with Crippen molar-refractivity contribution < 1.29 is 9.26 Å². The van der Waals surface area contributed by atoms with Gasteiger partial charge in [-0.1, -0.05) is 35.5 Å². The number of nitriles is 1. The molecule has 0 N–H and O–H groups in total. The predicted octanol–water partition coefficient (Wildman–Crippen LogP) is 3.38. The largest absolute Gasteiger partial charge is 0.489 e. The van der Waals surface area contributed by atoms with Gasteiger partial charge in [0.15, 0.2) is 0 Å². The molecule has 0 aliphatic carbocycles. The molecule has 0 unspecified atom stereocenters. The molecular formula is C17H13N3O2. The molecule has 5 heteroatoms. The molecule has 108 valence electrons. The Morgan fingerprint density at radius 3 is 2.55 bits per heavy atom. The topological polar surface area (TPSA) is 71.9 Å². The fourth-order valence-electron chi connectivity index (χ4n) is 1.95. The summed E-state index contributed by atoms with van der Waals surface area (Å²) in [5, 5.41) is 12.4. The third-order valence-corrected chi connectivity index (χ3v) is 3.06. The Bertz CT molecular complexity index is 774. The van der Waals surface area contributed by atoms with Crippen LogP contribution in [-0.4, -0.2) is 10.1 Å². The molecule has 0 atom stereocenters. The van der Waals surface area contributed by atoms with E-state index < -0.39 is 0 Å². The van der Waals surface area contributed by atoms with Crippen LogP contribution < -0.4 is 4.74 Å². The van der Waals surface area contributed by atoms with E-state index in [2.05, 4.69) is 10.1 Å². The lowest BCUT2D eigenvalue weighted by atomic mass is 10.2. The van der Waals surface area contributed by atoms with E-state index in [1.807, 2.05) is 60.7 Å². The number of rotatable bonds is 5. The van der Waals surface area contributed by atoms with E-state index in [0.29, 0.717) is 18.3 Å². The van der Waals surface area contributed by atoms with Gasteiger partial charge in [0.05, 0.1) is 6.07 Å². The van der Waals surface area contributed by atoms with Crippen LogP contribution in [-0.2, 0) is 13.0 Å². The zero-order valence-electron chi connectivity index (χ0n) is 11.8. The first-order chi connectivity index (χ1) is 10.8. The fourth-order valence-corrected chi connectivity index (χ4v) is 1.95. The van der Waals surface area contributed by atoms with Gasteiger partial charge < -0.3 is 9.26 Å². The third-order valence-electron chi connectivity index (χ3n) is 3.06. The molecule has 0 radical (unpaired) electrons. The summed E-state index contributed by atoms with van der Waals surface area (Å²) in [6, 6.07) is 19.4. The summed E-state index contributed by atoms with van der Waals surface area (Å²) in [7, 11) is 0. The van der Waals surface area contributed by atoms with Crippen LogP contribution in [0.2, 0.25) is 0 Å². The minimum absolute atomic E-state index is 0.116. The van der Waals surface area contributed by atoms with Crippen molar-refractivity contribution in [2.24, 2.45) is 0 Å². The lowest BCUT2D eigenvalue weighted by molar-refractivity contribution is 0.306. The summed E-state index contributed by atoms with van der Waals surface area (Å²) in [4.78, 5) is 4.15. The summed E-state index contributed by atoms with van der Waals surface area (Å²) >= 11 is 0. The number of ether oxygens (including phenoxy) is 1. The lowest BCUT2D eigenvalue weighted by Crippen LogP contribution is -1.94. The molecule has 0 spiro atoms. The molecule has 22 heavy (non-hydrogen) atoms. The molecule has 0 aliphatic rings. The Balaban J connectivity index is 1.66. The van der Waals surface area contributed by atoms with Gasteiger partial charge >= 0.3 is 0 Å². The van der Waals surface area contributed by atoms with Gasteiger partial charge in [-0.05, 0) is 29.8 Å². The smallest absolute Gasteiger partial charge is 0.241 e. The summed E-state index contributed by atoms with van der Waals surface area (Å²) in [6.45, 7) is 0.523.